The van der Waals surface area contributed by atoms with Gasteiger partial charge in [0.25, 0.3) is 0 Å². The van der Waals surface area contributed by atoms with Crippen LogP contribution in [0.4, 0.5) is 5.69 Å². The molecule has 19 heavy (non-hydrogen) atoms. The second-order valence-electron chi connectivity index (χ2n) is 4.70. The summed E-state index contributed by atoms with van der Waals surface area (Å²) in [6.45, 7) is 0. The van der Waals surface area contributed by atoms with Gasteiger partial charge in [0, 0.05) is 19.0 Å². The van der Waals surface area contributed by atoms with Gasteiger partial charge in [0.2, 0.25) is 5.91 Å². The van der Waals surface area contributed by atoms with Crippen molar-refractivity contribution in [3.05, 3.63) is 24.0 Å². The molecule has 0 aromatic carbocycles. The number of hydrogen-bond acceptors (Lipinski definition) is 4. The maximum atomic E-state index is 11.9. The van der Waals surface area contributed by atoms with E-state index in [-0.39, 0.29) is 23.6 Å². The molecule has 1 saturated carbocycles. The van der Waals surface area contributed by atoms with Crippen LogP contribution in [0, 0.1) is 0 Å². The number of nitrogens with one attached hydrogen (secondary N) is 1. The number of carboxylic acids is 1. The number of amides is 1. The number of hydrogen-bond donors (Lipinski definition) is 2. The average Bonchev–Trinajstić information content (AvgIpc) is 2.34. The molecule has 1 aromatic rings. The van der Waals surface area contributed by atoms with E-state index >= 15 is 0 Å². The van der Waals surface area contributed by atoms with Gasteiger partial charge in [0.15, 0.2) is 0 Å². The molecule has 0 unspecified atom stereocenters. The SMILES string of the molecule is COC1(CC(=O)Nc2ccnc(C(=O)O)c2)CCC1. The fourth-order valence-electron chi connectivity index (χ4n) is 2.15. The second-order valence-corrected chi connectivity index (χ2v) is 4.70. The zero-order valence-corrected chi connectivity index (χ0v) is 10.7. The quantitative estimate of drug-likeness (QED) is 0.844. The summed E-state index contributed by atoms with van der Waals surface area (Å²) in [6.07, 6.45) is 4.48. The van der Waals surface area contributed by atoms with Crippen molar-refractivity contribution in [3.8, 4) is 0 Å². The highest BCUT2D eigenvalue weighted by molar-refractivity contribution is 5.93. The molecule has 2 rings (SSSR count). The molecule has 0 bridgehead atoms. The third-order valence-electron chi connectivity index (χ3n) is 3.44. The predicted molar refractivity (Wildman–Crippen MR) is 68.0 cm³/mol. The lowest BCUT2D eigenvalue weighted by molar-refractivity contribution is -0.129. The Balaban J connectivity index is 1.99. The van der Waals surface area contributed by atoms with E-state index < -0.39 is 5.97 Å². The van der Waals surface area contributed by atoms with Gasteiger partial charge in [-0.05, 0) is 31.4 Å². The van der Waals surface area contributed by atoms with E-state index in [4.69, 9.17) is 9.84 Å². The van der Waals surface area contributed by atoms with Gasteiger partial charge in [0.05, 0.1) is 12.0 Å². The Morgan fingerprint density at radius 3 is 2.79 bits per heavy atom. The third kappa shape index (κ3) is 3.08. The summed E-state index contributed by atoms with van der Waals surface area (Å²) in [5.74, 6) is -1.30. The van der Waals surface area contributed by atoms with Gasteiger partial charge >= 0.3 is 5.97 Å². The van der Waals surface area contributed by atoms with Crippen LogP contribution in [0.25, 0.3) is 0 Å². The molecule has 1 aliphatic carbocycles. The lowest BCUT2D eigenvalue weighted by Gasteiger charge is -2.39. The number of methoxy groups -OCH3 is 1. The van der Waals surface area contributed by atoms with Crippen molar-refractivity contribution in [3.63, 3.8) is 0 Å². The lowest BCUT2D eigenvalue weighted by Crippen LogP contribution is -2.42. The summed E-state index contributed by atoms with van der Waals surface area (Å²) >= 11 is 0. The highest BCUT2D eigenvalue weighted by Crippen LogP contribution is 2.38. The predicted octanol–water partition coefficient (Wildman–Crippen LogP) is 1.68. The number of aromatic nitrogens is 1. The van der Waals surface area contributed by atoms with Crippen LogP contribution in [0.5, 0.6) is 0 Å². The van der Waals surface area contributed by atoms with Gasteiger partial charge < -0.3 is 15.2 Å². The Labute approximate surface area is 110 Å². The monoisotopic (exact) mass is 264 g/mol. The number of pyridine rings is 1. The van der Waals surface area contributed by atoms with Gasteiger partial charge in [-0.3, -0.25) is 4.79 Å². The molecule has 102 valence electrons. The average molecular weight is 264 g/mol. The summed E-state index contributed by atoms with van der Waals surface area (Å²) in [6, 6.07) is 2.89. The van der Waals surface area contributed by atoms with Gasteiger partial charge in [-0.15, -0.1) is 0 Å². The lowest BCUT2D eigenvalue weighted by atomic mass is 9.77. The first-order chi connectivity index (χ1) is 9.04. The summed E-state index contributed by atoms with van der Waals surface area (Å²) in [4.78, 5) is 26.4. The van der Waals surface area contributed by atoms with Crippen LogP contribution in [-0.4, -0.2) is 34.7 Å². The number of carbonyl (C=O) groups excluding carboxylic acids is 1. The van der Waals surface area contributed by atoms with Gasteiger partial charge in [-0.1, -0.05) is 0 Å². The molecule has 0 saturated heterocycles. The molecule has 0 atom stereocenters. The minimum absolute atomic E-state index is 0.0945. The van der Waals surface area contributed by atoms with E-state index in [0.29, 0.717) is 5.69 Å². The fourth-order valence-corrected chi connectivity index (χ4v) is 2.15. The van der Waals surface area contributed by atoms with Crippen LogP contribution in [0.15, 0.2) is 18.3 Å². The molecule has 1 fully saturated rings. The molecule has 0 aliphatic heterocycles. The van der Waals surface area contributed by atoms with E-state index in [2.05, 4.69) is 10.3 Å². The number of ether oxygens (including phenoxy) is 1. The number of rotatable bonds is 5. The molecular formula is C13H16N2O4. The van der Waals surface area contributed by atoms with Crippen molar-refractivity contribution < 1.29 is 19.4 Å². The van der Waals surface area contributed by atoms with Crippen LogP contribution in [0.1, 0.15) is 36.2 Å². The van der Waals surface area contributed by atoms with Crippen molar-refractivity contribution in [2.75, 3.05) is 12.4 Å². The molecule has 1 aliphatic rings. The highest BCUT2D eigenvalue weighted by atomic mass is 16.5. The van der Waals surface area contributed by atoms with Crippen molar-refractivity contribution in [1.29, 1.82) is 0 Å². The summed E-state index contributed by atoms with van der Waals surface area (Å²) < 4.78 is 5.38. The van der Waals surface area contributed by atoms with Crippen LogP contribution >= 0.6 is 0 Å². The van der Waals surface area contributed by atoms with Crippen molar-refractivity contribution in [2.24, 2.45) is 0 Å². The maximum Gasteiger partial charge on any atom is 0.354 e. The fraction of sp³-hybridized carbons (Fsp3) is 0.462. The molecule has 6 nitrogen and oxygen atoms in total. The van der Waals surface area contributed by atoms with Crippen LogP contribution < -0.4 is 5.32 Å². The Hall–Kier alpha value is -1.95. The maximum absolute atomic E-state index is 11.9. The van der Waals surface area contributed by atoms with E-state index in [0.717, 1.165) is 19.3 Å². The standard InChI is InChI=1S/C13H16N2O4/c1-19-13(4-2-5-13)8-11(16)15-9-3-6-14-10(7-9)12(17)18/h3,6-7H,2,4-5,8H2,1H3,(H,17,18)(H,14,15,16). The molecule has 1 heterocycles. The molecule has 0 spiro atoms. The van der Waals surface area contributed by atoms with E-state index in [1.165, 1.54) is 12.3 Å². The molecule has 1 aromatic heterocycles. The third-order valence-corrected chi connectivity index (χ3v) is 3.44. The number of carbonyl (C=O) groups is 2. The van der Waals surface area contributed by atoms with Gasteiger partial charge in [-0.2, -0.15) is 0 Å². The van der Waals surface area contributed by atoms with Gasteiger partial charge in [-0.25, -0.2) is 9.78 Å². The number of anilines is 1. The Kier molecular flexibility index (Phi) is 3.80. The summed E-state index contributed by atoms with van der Waals surface area (Å²) in [5.41, 5.74) is -0.00176. The first kappa shape index (κ1) is 13.5. The molecule has 2 N–H and O–H groups in total. The van der Waals surface area contributed by atoms with Crippen molar-refractivity contribution >= 4 is 17.6 Å². The van der Waals surface area contributed by atoms with E-state index in [1.807, 2.05) is 0 Å². The zero-order chi connectivity index (χ0) is 13.9. The number of nitrogens with zero attached hydrogens (tertiary/aromatic N) is 1. The van der Waals surface area contributed by atoms with E-state index in [1.54, 1.807) is 13.2 Å². The Morgan fingerprint density at radius 1 is 1.53 bits per heavy atom. The normalized spacial score (nSPS) is 16.5. The second kappa shape index (κ2) is 5.36. The topological polar surface area (TPSA) is 88.5 Å². The van der Waals surface area contributed by atoms with Crippen molar-refractivity contribution in [2.45, 2.75) is 31.3 Å². The van der Waals surface area contributed by atoms with Crippen molar-refractivity contribution in [1.82, 2.24) is 4.98 Å². The first-order valence-electron chi connectivity index (χ1n) is 6.09. The largest absolute Gasteiger partial charge is 0.477 e. The summed E-state index contributed by atoms with van der Waals surface area (Å²) in [5, 5.41) is 11.5. The minimum Gasteiger partial charge on any atom is -0.477 e. The van der Waals surface area contributed by atoms with E-state index in [9.17, 15) is 9.59 Å². The minimum atomic E-state index is -1.12. The van der Waals surface area contributed by atoms with Gasteiger partial charge in [0.1, 0.15) is 5.69 Å². The zero-order valence-electron chi connectivity index (χ0n) is 10.7. The first-order valence-corrected chi connectivity index (χ1v) is 6.09. The van der Waals surface area contributed by atoms with Crippen LogP contribution in [0.3, 0.4) is 0 Å². The molecule has 1 amide bonds. The Morgan fingerprint density at radius 2 is 2.26 bits per heavy atom. The Bertz CT molecular complexity index is 492. The molecule has 0 radical (unpaired) electrons. The smallest absolute Gasteiger partial charge is 0.354 e. The van der Waals surface area contributed by atoms with Crippen LogP contribution in [-0.2, 0) is 9.53 Å². The number of aromatic carboxylic acids is 1. The summed E-state index contributed by atoms with van der Waals surface area (Å²) in [7, 11) is 1.61. The van der Waals surface area contributed by atoms with Crippen LogP contribution in [0.2, 0.25) is 0 Å². The molecular weight excluding hydrogens is 248 g/mol. The highest BCUT2D eigenvalue weighted by Gasteiger charge is 2.38. The number of carboxylic acid groups (broad SMARTS) is 1. The molecule has 6 heteroatoms.